The molecule has 0 saturated carbocycles. The van der Waals surface area contributed by atoms with Crippen molar-refractivity contribution in [1.29, 1.82) is 0 Å². The van der Waals surface area contributed by atoms with Gasteiger partial charge in [-0.05, 0) is 55.3 Å². The Morgan fingerprint density at radius 1 is 1.10 bits per heavy atom. The zero-order valence-corrected chi connectivity index (χ0v) is 18.3. The maximum Gasteiger partial charge on any atom is 0.225 e. The summed E-state index contributed by atoms with van der Waals surface area (Å²) in [5.74, 6) is 0.492. The van der Waals surface area contributed by atoms with Gasteiger partial charge in [-0.1, -0.05) is 36.4 Å². The number of amides is 2. The SMILES string of the molecule is O=C(NCC1CCN(Cc2cccs2)CC1)C1CC(=O)N(CCc2ccccc2)C1. The fourth-order valence-electron chi connectivity index (χ4n) is 4.43. The molecule has 4 rings (SSSR count). The molecule has 5 nitrogen and oxygen atoms in total. The summed E-state index contributed by atoms with van der Waals surface area (Å²) in [5, 5.41) is 5.27. The van der Waals surface area contributed by atoms with Crippen molar-refractivity contribution in [3.63, 3.8) is 0 Å². The van der Waals surface area contributed by atoms with Gasteiger partial charge in [-0.3, -0.25) is 14.5 Å². The average Bonchev–Trinajstić information content (AvgIpc) is 3.42. The number of nitrogens with zero attached hydrogens (tertiary/aromatic N) is 2. The van der Waals surface area contributed by atoms with Gasteiger partial charge in [-0.25, -0.2) is 0 Å². The number of hydrogen-bond acceptors (Lipinski definition) is 4. The Morgan fingerprint density at radius 3 is 2.63 bits per heavy atom. The van der Waals surface area contributed by atoms with Gasteiger partial charge in [0.2, 0.25) is 11.8 Å². The molecular formula is C24H31N3O2S. The standard InChI is InChI=1S/C24H31N3O2S/c28-23-15-21(17-27(23)13-10-19-5-2-1-3-6-19)24(29)25-16-20-8-11-26(12-9-20)18-22-7-4-14-30-22/h1-7,14,20-21H,8-13,15-18H2,(H,25,29). The number of nitrogens with one attached hydrogen (secondary N) is 1. The minimum Gasteiger partial charge on any atom is -0.356 e. The average molecular weight is 426 g/mol. The summed E-state index contributed by atoms with van der Waals surface area (Å²) >= 11 is 1.82. The van der Waals surface area contributed by atoms with E-state index in [2.05, 4.69) is 39.9 Å². The van der Waals surface area contributed by atoms with Crippen molar-refractivity contribution in [1.82, 2.24) is 15.1 Å². The summed E-state index contributed by atoms with van der Waals surface area (Å²) in [4.78, 5) is 30.7. The van der Waals surface area contributed by atoms with E-state index in [1.54, 1.807) is 0 Å². The van der Waals surface area contributed by atoms with Crippen LogP contribution in [0.4, 0.5) is 0 Å². The van der Waals surface area contributed by atoms with Crippen LogP contribution in [-0.4, -0.2) is 54.3 Å². The van der Waals surface area contributed by atoms with Crippen molar-refractivity contribution >= 4 is 23.2 Å². The summed E-state index contributed by atoms with van der Waals surface area (Å²) < 4.78 is 0. The van der Waals surface area contributed by atoms with E-state index in [1.165, 1.54) is 10.4 Å². The maximum absolute atomic E-state index is 12.6. The molecule has 2 amide bonds. The Hall–Kier alpha value is -2.18. The fourth-order valence-corrected chi connectivity index (χ4v) is 5.18. The van der Waals surface area contributed by atoms with Crippen molar-refractivity contribution < 1.29 is 9.59 Å². The molecule has 2 aliphatic rings. The number of carbonyl (C=O) groups excluding carboxylic acids is 2. The second-order valence-electron chi connectivity index (χ2n) is 8.52. The van der Waals surface area contributed by atoms with Gasteiger partial charge < -0.3 is 10.2 Å². The topological polar surface area (TPSA) is 52.7 Å². The molecule has 1 unspecified atom stereocenters. The largest absolute Gasteiger partial charge is 0.356 e. The van der Waals surface area contributed by atoms with Crippen LogP contribution in [0.3, 0.4) is 0 Å². The molecule has 2 aromatic rings. The minimum atomic E-state index is -0.202. The van der Waals surface area contributed by atoms with Crippen molar-refractivity contribution in [3.05, 3.63) is 58.3 Å². The molecule has 3 heterocycles. The van der Waals surface area contributed by atoms with Crippen LogP contribution in [0, 0.1) is 11.8 Å². The number of piperidine rings is 1. The third-order valence-corrected chi connectivity index (χ3v) is 7.19. The Morgan fingerprint density at radius 2 is 1.90 bits per heavy atom. The lowest BCUT2D eigenvalue weighted by Crippen LogP contribution is -2.40. The molecule has 160 valence electrons. The second-order valence-corrected chi connectivity index (χ2v) is 9.55. The van der Waals surface area contributed by atoms with Crippen molar-refractivity contribution in [2.45, 2.75) is 32.2 Å². The monoisotopic (exact) mass is 425 g/mol. The number of carbonyl (C=O) groups is 2. The Labute approximate surface area is 183 Å². The van der Waals surface area contributed by atoms with E-state index in [0.29, 0.717) is 25.4 Å². The Bertz CT molecular complexity index is 816. The number of rotatable bonds is 8. The molecule has 2 fully saturated rings. The lowest BCUT2D eigenvalue weighted by Gasteiger charge is -2.31. The van der Waals surface area contributed by atoms with E-state index in [-0.39, 0.29) is 17.7 Å². The summed E-state index contributed by atoms with van der Waals surface area (Å²) in [6, 6.07) is 14.5. The van der Waals surface area contributed by atoms with Gasteiger partial charge in [0, 0.05) is 37.5 Å². The molecule has 1 N–H and O–H groups in total. The van der Waals surface area contributed by atoms with Crippen LogP contribution in [0.5, 0.6) is 0 Å². The van der Waals surface area contributed by atoms with Crippen LogP contribution >= 0.6 is 11.3 Å². The first-order chi connectivity index (χ1) is 14.7. The van der Waals surface area contributed by atoms with E-state index < -0.39 is 0 Å². The lowest BCUT2D eigenvalue weighted by atomic mass is 9.96. The van der Waals surface area contributed by atoms with Crippen molar-refractivity contribution in [3.8, 4) is 0 Å². The first kappa shape index (κ1) is 21.1. The van der Waals surface area contributed by atoms with Gasteiger partial charge in [-0.15, -0.1) is 11.3 Å². The number of likely N-dealkylation sites (tertiary alicyclic amines) is 2. The van der Waals surface area contributed by atoms with E-state index >= 15 is 0 Å². The third-order valence-electron chi connectivity index (χ3n) is 6.33. The maximum atomic E-state index is 12.6. The first-order valence-corrected chi connectivity index (χ1v) is 11.9. The van der Waals surface area contributed by atoms with E-state index in [1.807, 2.05) is 34.4 Å². The predicted molar refractivity (Wildman–Crippen MR) is 120 cm³/mol. The molecule has 30 heavy (non-hydrogen) atoms. The van der Waals surface area contributed by atoms with Crippen LogP contribution < -0.4 is 5.32 Å². The predicted octanol–water partition coefficient (Wildman–Crippen LogP) is 3.17. The number of benzene rings is 1. The summed E-state index contributed by atoms with van der Waals surface area (Å²) in [5.41, 5.74) is 1.23. The smallest absolute Gasteiger partial charge is 0.225 e. The summed E-state index contributed by atoms with van der Waals surface area (Å²) in [6.07, 6.45) is 3.43. The molecular weight excluding hydrogens is 394 g/mol. The van der Waals surface area contributed by atoms with Crippen molar-refractivity contribution in [2.24, 2.45) is 11.8 Å². The van der Waals surface area contributed by atoms with Gasteiger partial charge in [0.25, 0.3) is 0 Å². The molecule has 1 aromatic heterocycles. The summed E-state index contributed by atoms with van der Waals surface area (Å²) in [7, 11) is 0. The number of thiophene rings is 1. The van der Waals surface area contributed by atoms with Crippen LogP contribution in [0.25, 0.3) is 0 Å². The number of hydrogen-bond donors (Lipinski definition) is 1. The highest BCUT2D eigenvalue weighted by Gasteiger charge is 2.34. The van der Waals surface area contributed by atoms with Crippen molar-refractivity contribution in [2.75, 3.05) is 32.7 Å². The fraction of sp³-hybridized carbons (Fsp3) is 0.500. The van der Waals surface area contributed by atoms with Crippen LogP contribution in [0.15, 0.2) is 47.8 Å². The Balaban J connectivity index is 1.15. The highest BCUT2D eigenvalue weighted by molar-refractivity contribution is 7.09. The summed E-state index contributed by atoms with van der Waals surface area (Å²) in [6.45, 7) is 5.20. The molecule has 6 heteroatoms. The molecule has 0 spiro atoms. The molecule has 0 radical (unpaired) electrons. The highest BCUT2D eigenvalue weighted by atomic mass is 32.1. The van der Waals surface area contributed by atoms with E-state index in [9.17, 15) is 9.59 Å². The lowest BCUT2D eigenvalue weighted by molar-refractivity contribution is -0.129. The first-order valence-electron chi connectivity index (χ1n) is 11.0. The molecule has 2 saturated heterocycles. The minimum absolute atomic E-state index is 0.0478. The van der Waals surface area contributed by atoms with Gasteiger partial charge in [-0.2, -0.15) is 0 Å². The quantitative estimate of drug-likeness (QED) is 0.707. The zero-order valence-electron chi connectivity index (χ0n) is 17.5. The highest BCUT2D eigenvalue weighted by Crippen LogP contribution is 2.22. The molecule has 1 atom stereocenters. The second kappa shape index (κ2) is 10.2. The molecule has 1 aromatic carbocycles. The van der Waals surface area contributed by atoms with Gasteiger partial charge in [0.05, 0.1) is 5.92 Å². The van der Waals surface area contributed by atoms with Gasteiger partial charge in [0.1, 0.15) is 0 Å². The zero-order chi connectivity index (χ0) is 20.8. The van der Waals surface area contributed by atoms with Crippen LogP contribution in [0.2, 0.25) is 0 Å². The molecule has 2 aliphatic heterocycles. The van der Waals surface area contributed by atoms with Gasteiger partial charge >= 0.3 is 0 Å². The molecule has 0 aliphatic carbocycles. The normalized spacial score (nSPS) is 20.6. The third kappa shape index (κ3) is 5.70. The van der Waals surface area contributed by atoms with E-state index in [0.717, 1.165) is 45.4 Å². The van der Waals surface area contributed by atoms with Gasteiger partial charge in [0.15, 0.2) is 0 Å². The van der Waals surface area contributed by atoms with Crippen LogP contribution in [-0.2, 0) is 22.6 Å². The Kier molecular flexibility index (Phi) is 7.18. The van der Waals surface area contributed by atoms with Crippen LogP contribution in [0.1, 0.15) is 29.7 Å². The molecule has 0 bridgehead atoms. The van der Waals surface area contributed by atoms with E-state index in [4.69, 9.17) is 0 Å².